The van der Waals surface area contributed by atoms with Gasteiger partial charge in [-0.15, -0.1) is 0 Å². The zero-order chi connectivity index (χ0) is 13.7. The maximum Gasteiger partial charge on any atom is 0.320 e. The molecule has 104 valence electrons. The molecule has 1 aromatic rings. The number of urea groups is 1. The zero-order valence-electron chi connectivity index (χ0n) is 11.7. The molecule has 1 atom stereocenters. The van der Waals surface area contributed by atoms with Crippen LogP contribution in [0.4, 0.5) is 4.79 Å². The Kier molecular flexibility index (Phi) is 4.80. The van der Waals surface area contributed by atoms with E-state index in [0.717, 1.165) is 18.7 Å². The number of carbonyl (C=O) groups is 1. The highest BCUT2D eigenvalue weighted by molar-refractivity contribution is 5.74. The molecule has 1 fully saturated rings. The minimum atomic E-state index is -0.00513. The number of ether oxygens (including phenoxy) is 1. The van der Waals surface area contributed by atoms with Crippen molar-refractivity contribution in [2.75, 3.05) is 32.8 Å². The largest absolute Gasteiger partial charge is 0.370 e. The molecule has 0 bridgehead atoms. The Bertz CT molecular complexity index is 404. The minimum absolute atomic E-state index is 0.00513. The fraction of sp³-hybridized carbons (Fsp3) is 0.533. The van der Waals surface area contributed by atoms with E-state index < -0.39 is 0 Å². The van der Waals surface area contributed by atoms with Gasteiger partial charge in [0, 0.05) is 19.6 Å². The number of morpholine rings is 1. The summed E-state index contributed by atoms with van der Waals surface area (Å²) in [6.45, 7) is 7.45. The van der Waals surface area contributed by atoms with Crippen molar-refractivity contribution in [3.05, 3.63) is 35.9 Å². The van der Waals surface area contributed by atoms with Crippen LogP contribution >= 0.6 is 0 Å². The van der Waals surface area contributed by atoms with Crippen LogP contribution in [0.25, 0.3) is 0 Å². The molecule has 1 aromatic carbocycles. The van der Waals surface area contributed by atoms with Crippen LogP contribution in [-0.2, 0) is 4.74 Å². The van der Waals surface area contributed by atoms with Crippen molar-refractivity contribution in [3.63, 3.8) is 0 Å². The summed E-state index contributed by atoms with van der Waals surface area (Å²) in [5, 5.41) is 0. The van der Waals surface area contributed by atoms with Gasteiger partial charge >= 0.3 is 6.03 Å². The third-order valence-corrected chi connectivity index (χ3v) is 3.54. The fourth-order valence-electron chi connectivity index (χ4n) is 2.39. The van der Waals surface area contributed by atoms with Gasteiger partial charge in [-0.1, -0.05) is 30.3 Å². The lowest BCUT2D eigenvalue weighted by molar-refractivity contribution is -0.0202. The van der Waals surface area contributed by atoms with Crippen molar-refractivity contribution >= 4 is 6.03 Å². The molecule has 4 nitrogen and oxygen atoms in total. The average Bonchev–Trinajstić information content (AvgIpc) is 2.49. The Hall–Kier alpha value is -1.55. The first-order valence-electron chi connectivity index (χ1n) is 6.96. The van der Waals surface area contributed by atoms with Gasteiger partial charge in [0.1, 0.15) is 6.10 Å². The molecular formula is C15H22N2O2. The normalized spacial score (nSPS) is 19.3. The lowest BCUT2D eigenvalue weighted by atomic mass is 10.1. The van der Waals surface area contributed by atoms with Crippen LogP contribution < -0.4 is 0 Å². The summed E-state index contributed by atoms with van der Waals surface area (Å²) in [4.78, 5) is 16.1. The SMILES string of the molecule is CCN(CC)C(=O)N1CCOC(c2ccccc2)C1. The first-order valence-corrected chi connectivity index (χ1v) is 6.96. The molecule has 1 saturated heterocycles. The number of hydrogen-bond donors (Lipinski definition) is 0. The third-order valence-electron chi connectivity index (χ3n) is 3.54. The van der Waals surface area contributed by atoms with E-state index in [1.807, 2.05) is 41.8 Å². The summed E-state index contributed by atoms with van der Waals surface area (Å²) < 4.78 is 5.78. The molecule has 1 aliphatic heterocycles. The topological polar surface area (TPSA) is 32.8 Å². The molecule has 2 rings (SSSR count). The Morgan fingerprint density at radius 3 is 2.63 bits per heavy atom. The standard InChI is InChI=1S/C15H22N2O2/c1-3-16(4-2)15(18)17-10-11-19-14(12-17)13-8-6-5-7-9-13/h5-9,14H,3-4,10-12H2,1-2H3. The van der Waals surface area contributed by atoms with Crippen LogP contribution in [0.2, 0.25) is 0 Å². The van der Waals surface area contributed by atoms with Crippen LogP contribution in [-0.4, -0.2) is 48.6 Å². The Morgan fingerprint density at radius 2 is 2.00 bits per heavy atom. The molecular weight excluding hydrogens is 240 g/mol. The molecule has 1 unspecified atom stereocenters. The van der Waals surface area contributed by atoms with E-state index in [1.54, 1.807) is 0 Å². The Labute approximate surface area is 115 Å². The van der Waals surface area contributed by atoms with Gasteiger partial charge in [0.15, 0.2) is 0 Å². The van der Waals surface area contributed by atoms with Crippen molar-refractivity contribution < 1.29 is 9.53 Å². The predicted molar refractivity (Wildman–Crippen MR) is 75.0 cm³/mol. The summed E-state index contributed by atoms with van der Waals surface area (Å²) in [5.41, 5.74) is 1.14. The summed E-state index contributed by atoms with van der Waals surface area (Å²) in [7, 11) is 0. The first-order chi connectivity index (χ1) is 9.26. The minimum Gasteiger partial charge on any atom is -0.370 e. The molecule has 0 saturated carbocycles. The van der Waals surface area contributed by atoms with Crippen LogP contribution in [0.3, 0.4) is 0 Å². The van der Waals surface area contributed by atoms with Crippen LogP contribution in [0.5, 0.6) is 0 Å². The van der Waals surface area contributed by atoms with E-state index in [1.165, 1.54) is 0 Å². The first kappa shape index (κ1) is 13.9. The number of carbonyl (C=O) groups excluding carboxylic acids is 1. The van der Waals surface area contributed by atoms with Gasteiger partial charge in [-0.05, 0) is 19.4 Å². The van der Waals surface area contributed by atoms with Crippen molar-refractivity contribution in [2.45, 2.75) is 20.0 Å². The number of nitrogens with zero attached hydrogens (tertiary/aromatic N) is 2. The maximum absolute atomic E-state index is 12.3. The number of benzene rings is 1. The lowest BCUT2D eigenvalue weighted by Gasteiger charge is -2.36. The summed E-state index contributed by atoms with van der Waals surface area (Å²) >= 11 is 0. The molecule has 0 spiro atoms. The van der Waals surface area contributed by atoms with Gasteiger partial charge in [0.05, 0.1) is 13.2 Å². The van der Waals surface area contributed by atoms with Crippen LogP contribution in [0, 0.1) is 0 Å². The average molecular weight is 262 g/mol. The molecule has 0 aliphatic carbocycles. The van der Waals surface area contributed by atoms with Gasteiger partial charge in [-0.2, -0.15) is 0 Å². The molecule has 4 heteroatoms. The zero-order valence-corrected chi connectivity index (χ0v) is 11.7. The highest BCUT2D eigenvalue weighted by Crippen LogP contribution is 2.22. The highest BCUT2D eigenvalue weighted by atomic mass is 16.5. The number of hydrogen-bond acceptors (Lipinski definition) is 2. The van der Waals surface area contributed by atoms with Gasteiger partial charge in [-0.3, -0.25) is 0 Å². The maximum atomic E-state index is 12.3. The Balaban J connectivity index is 2.03. The van der Waals surface area contributed by atoms with Crippen molar-refractivity contribution in [2.24, 2.45) is 0 Å². The second-order valence-corrected chi connectivity index (χ2v) is 4.67. The van der Waals surface area contributed by atoms with E-state index in [2.05, 4.69) is 12.1 Å². The van der Waals surface area contributed by atoms with Crippen LogP contribution in [0.15, 0.2) is 30.3 Å². The van der Waals surface area contributed by atoms with E-state index in [9.17, 15) is 4.79 Å². The lowest BCUT2D eigenvalue weighted by Crippen LogP contribution is -2.48. The van der Waals surface area contributed by atoms with Crippen molar-refractivity contribution in [3.8, 4) is 0 Å². The highest BCUT2D eigenvalue weighted by Gasteiger charge is 2.27. The summed E-state index contributed by atoms with van der Waals surface area (Å²) in [6.07, 6.45) is -0.00513. The molecule has 0 radical (unpaired) electrons. The quantitative estimate of drug-likeness (QED) is 0.838. The summed E-state index contributed by atoms with van der Waals surface area (Å²) in [6, 6.07) is 10.2. The molecule has 2 amide bonds. The number of amides is 2. The molecule has 1 aliphatic rings. The van der Waals surface area contributed by atoms with Gasteiger partial charge in [0.2, 0.25) is 0 Å². The third kappa shape index (κ3) is 3.26. The second-order valence-electron chi connectivity index (χ2n) is 4.67. The van der Waals surface area contributed by atoms with E-state index in [4.69, 9.17) is 4.74 Å². The van der Waals surface area contributed by atoms with E-state index in [-0.39, 0.29) is 12.1 Å². The van der Waals surface area contributed by atoms with E-state index >= 15 is 0 Å². The molecule has 0 aromatic heterocycles. The van der Waals surface area contributed by atoms with Crippen molar-refractivity contribution in [1.29, 1.82) is 0 Å². The van der Waals surface area contributed by atoms with Gasteiger partial charge in [0.25, 0.3) is 0 Å². The number of rotatable bonds is 3. The molecule has 1 heterocycles. The van der Waals surface area contributed by atoms with Gasteiger partial charge < -0.3 is 14.5 Å². The smallest absolute Gasteiger partial charge is 0.320 e. The Morgan fingerprint density at radius 1 is 1.32 bits per heavy atom. The predicted octanol–water partition coefficient (Wildman–Crippen LogP) is 2.52. The molecule has 0 N–H and O–H groups in total. The monoisotopic (exact) mass is 262 g/mol. The van der Waals surface area contributed by atoms with Crippen LogP contribution in [0.1, 0.15) is 25.5 Å². The van der Waals surface area contributed by atoms with Crippen molar-refractivity contribution in [1.82, 2.24) is 9.80 Å². The van der Waals surface area contributed by atoms with Gasteiger partial charge in [-0.25, -0.2) is 4.79 Å². The second kappa shape index (κ2) is 6.57. The molecule has 19 heavy (non-hydrogen) atoms. The van der Waals surface area contributed by atoms with E-state index in [0.29, 0.717) is 19.7 Å². The summed E-state index contributed by atoms with van der Waals surface area (Å²) in [5.74, 6) is 0. The fourth-order valence-corrected chi connectivity index (χ4v) is 2.39.